The molecule has 2 aromatic carbocycles. The summed E-state index contributed by atoms with van der Waals surface area (Å²) in [5, 5.41) is 3.47. The minimum atomic E-state index is -0.661. The van der Waals surface area contributed by atoms with Crippen molar-refractivity contribution >= 4 is 23.4 Å². The summed E-state index contributed by atoms with van der Waals surface area (Å²) in [4.78, 5) is 27.4. The van der Waals surface area contributed by atoms with Gasteiger partial charge in [0.05, 0.1) is 0 Å². The maximum atomic E-state index is 13.2. The van der Waals surface area contributed by atoms with E-state index in [0.29, 0.717) is 23.2 Å². The molecule has 0 saturated carbocycles. The SMILES string of the molecule is Cc1cc(C)c(C)c(OCC(=O)N(Cc2ccccc2Cl)[C@@H](C)C(=O)NCC(C)C)c1. The molecule has 168 valence electrons. The van der Waals surface area contributed by atoms with Crippen molar-refractivity contribution in [2.75, 3.05) is 13.2 Å². The summed E-state index contributed by atoms with van der Waals surface area (Å²) >= 11 is 6.32. The second-order valence-corrected chi connectivity index (χ2v) is 8.83. The molecule has 0 unspecified atom stereocenters. The first kappa shape index (κ1) is 24.7. The Balaban J connectivity index is 2.21. The molecule has 31 heavy (non-hydrogen) atoms. The Morgan fingerprint density at radius 2 is 1.77 bits per heavy atom. The van der Waals surface area contributed by atoms with Crippen LogP contribution >= 0.6 is 11.6 Å². The fourth-order valence-corrected chi connectivity index (χ4v) is 3.41. The van der Waals surface area contributed by atoms with E-state index < -0.39 is 6.04 Å². The van der Waals surface area contributed by atoms with Crippen LogP contribution in [0.2, 0.25) is 5.02 Å². The van der Waals surface area contributed by atoms with E-state index in [4.69, 9.17) is 16.3 Å². The van der Waals surface area contributed by atoms with E-state index in [2.05, 4.69) is 11.4 Å². The lowest BCUT2D eigenvalue weighted by atomic mass is 10.1. The monoisotopic (exact) mass is 444 g/mol. The number of hydrogen-bond donors (Lipinski definition) is 1. The van der Waals surface area contributed by atoms with Crippen LogP contribution in [0.4, 0.5) is 0 Å². The van der Waals surface area contributed by atoms with Gasteiger partial charge in [-0.15, -0.1) is 0 Å². The predicted molar refractivity (Wildman–Crippen MR) is 125 cm³/mol. The number of benzene rings is 2. The summed E-state index contributed by atoms with van der Waals surface area (Å²) in [6.45, 7) is 12.4. The second kappa shape index (κ2) is 11.2. The lowest BCUT2D eigenvalue weighted by Crippen LogP contribution is -2.49. The van der Waals surface area contributed by atoms with Gasteiger partial charge in [-0.2, -0.15) is 0 Å². The van der Waals surface area contributed by atoms with Crippen LogP contribution in [0, 0.1) is 26.7 Å². The minimum absolute atomic E-state index is 0.157. The molecule has 0 heterocycles. The first-order chi connectivity index (χ1) is 14.6. The zero-order chi connectivity index (χ0) is 23.1. The molecule has 0 bridgehead atoms. The van der Waals surface area contributed by atoms with Gasteiger partial charge in [0.2, 0.25) is 5.91 Å². The number of ether oxygens (including phenoxy) is 1. The van der Waals surface area contributed by atoms with Crippen molar-refractivity contribution in [1.82, 2.24) is 10.2 Å². The zero-order valence-electron chi connectivity index (χ0n) is 19.3. The van der Waals surface area contributed by atoms with Gasteiger partial charge >= 0.3 is 0 Å². The van der Waals surface area contributed by atoms with Crippen LogP contribution in [-0.4, -0.2) is 35.9 Å². The molecule has 1 N–H and O–H groups in total. The lowest BCUT2D eigenvalue weighted by Gasteiger charge is -2.29. The van der Waals surface area contributed by atoms with Gasteiger partial charge in [-0.05, 0) is 68.0 Å². The molecule has 0 radical (unpaired) electrons. The van der Waals surface area contributed by atoms with Crippen LogP contribution in [0.25, 0.3) is 0 Å². The first-order valence-corrected chi connectivity index (χ1v) is 11.0. The molecule has 0 aliphatic heterocycles. The number of carbonyl (C=O) groups is 2. The lowest BCUT2D eigenvalue weighted by molar-refractivity contribution is -0.142. The van der Waals surface area contributed by atoms with Crippen LogP contribution in [-0.2, 0) is 16.1 Å². The van der Waals surface area contributed by atoms with Crippen molar-refractivity contribution in [3.05, 3.63) is 63.7 Å². The number of halogens is 1. The third-order valence-corrected chi connectivity index (χ3v) is 5.63. The van der Waals surface area contributed by atoms with Crippen molar-refractivity contribution < 1.29 is 14.3 Å². The maximum Gasteiger partial charge on any atom is 0.261 e. The highest BCUT2D eigenvalue weighted by Crippen LogP contribution is 2.24. The highest BCUT2D eigenvalue weighted by Gasteiger charge is 2.27. The van der Waals surface area contributed by atoms with Crippen molar-refractivity contribution in [1.29, 1.82) is 0 Å². The van der Waals surface area contributed by atoms with Gasteiger partial charge in [0.25, 0.3) is 5.91 Å². The molecular weight excluding hydrogens is 412 g/mol. The van der Waals surface area contributed by atoms with Gasteiger partial charge in [-0.1, -0.05) is 49.7 Å². The summed E-state index contributed by atoms with van der Waals surface area (Å²) in [6.07, 6.45) is 0. The van der Waals surface area contributed by atoms with Crippen LogP contribution in [0.1, 0.15) is 43.0 Å². The van der Waals surface area contributed by atoms with E-state index in [0.717, 1.165) is 22.3 Å². The first-order valence-electron chi connectivity index (χ1n) is 10.6. The summed E-state index contributed by atoms with van der Waals surface area (Å²) in [5.41, 5.74) is 3.96. The number of rotatable bonds is 9. The van der Waals surface area contributed by atoms with Crippen LogP contribution in [0.3, 0.4) is 0 Å². The molecule has 0 aliphatic carbocycles. The van der Waals surface area contributed by atoms with Gasteiger partial charge < -0.3 is 15.0 Å². The number of carbonyl (C=O) groups excluding carboxylic acids is 2. The van der Waals surface area contributed by atoms with Gasteiger partial charge in [0.15, 0.2) is 6.61 Å². The maximum absolute atomic E-state index is 13.2. The molecule has 6 heteroatoms. The van der Waals surface area contributed by atoms with Crippen LogP contribution in [0.5, 0.6) is 5.75 Å². The molecule has 0 fully saturated rings. The van der Waals surface area contributed by atoms with Gasteiger partial charge in [-0.3, -0.25) is 9.59 Å². The average molecular weight is 445 g/mol. The highest BCUT2D eigenvalue weighted by molar-refractivity contribution is 6.31. The summed E-state index contributed by atoms with van der Waals surface area (Å²) in [7, 11) is 0. The van der Waals surface area contributed by atoms with E-state index in [1.54, 1.807) is 13.0 Å². The molecule has 5 nitrogen and oxygen atoms in total. The van der Waals surface area contributed by atoms with Crippen molar-refractivity contribution in [2.45, 2.75) is 54.1 Å². The Morgan fingerprint density at radius 1 is 1.10 bits per heavy atom. The Hall–Kier alpha value is -2.53. The zero-order valence-corrected chi connectivity index (χ0v) is 20.0. The smallest absolute Gasteiger partial charge is 0.261 e. The quantitative estimate of drug-likeness (QED) is 0.602. The van der Waals surface area contributed by atoms with Crippen LogP contribution in [0.15, 0.2) is 36.4 Å². The van der Waals surface area contributed by atoms with E-state index in [-0.39, 0.29) is 25.0 Å². The van der Waals surface area contributed by atoms with Crippen LogP contribution < -0.4 is 10.1 Å². The normalized spacial score (nSPS) is 11.9. The van der Waals surface area contributed by atoms with Gasteiger partial charge in [0, 0.05) is 18.1 Å². The fraction of sp³-hybridized carbons (Fsp3) is 0.440. The molecule has 0 saturated heterocycles. The van der Waals surface area contributed by atoms with E-state index in [1.165, 1.54) is 4.90 Å². The van der Waals surface area contributed by atoms with E-state index >= 15 is 0 Å². The molecule has 2 amide bonds. The molecule has 2 rings (SSSR count). The Kier molecular flexibility index (Phi) is 8.93. The molecule has 1 atom stereocenters. The fourth-order valence-electron chi connectivity index (χ4n) is 3.22. The third-order valence-electron chi connectivity index (χ3n) is 5.27. The van der Waals surface area contributed by atoms with E-state index in [1.807, 2.05) is 58.9 Å². The number of nitrogens with zero attached hydrogens (tertiary/aromatic N) is 1. The van der Waals surface area contributed by atoms with E-state index in [9.17, 15) is 9.59 Å². The number of hydrogen-bond acceptors (Lipinski definition) is 3. The van der Waals surface area contributed by atoms with Crippen molar-refractivity contribution in [3.63, 3.8) is 0 Å². The Labute approximate surface area is 190 Å². The minimum Gasteiger partial charge on any atom is -0.483 e. The number of amides is 2. The molecule has 0 aromatic heterocycles. The molecule has 0 aliphatic rings. The number of aryl methyl sites for hydroxylation is 2. The summed E-state index contributed by atoms with van der Waals surface area (Å²) in [5.74, 6) is 0.530. The highest BCUT2D eigenvalue weighted by atomic mass is 35.5. The van der Waals surface area contributed by atoms with Gasteiger partial charge in [-0.25, -0.2) is 0 Å². The molecule has 0 spiro atoms. The molecule has 2 aromatic rings. The summed E-state index contributed by atoms with van der Waals surface area (Å²) in [6, 6.07) is 10.7. The topological polar surface area (TPSA) is 58.6 Å². The van der Waals surface area contributed by atoms with Crippen molar-refractivity contribution in [3.8, 4) is 5.75 Å². The third kappa shape index (κ3) is 7.00. The van der Waals surface area contributed by atoms with Gasteiger partial charge in [0.1, 0.15) is 11.8 Å². The average Bonchev–Trinajstić information content (AvgIpc) is 2.72. The Bertz CT molecular complexity index is 927. The van der Waals surface area contributed by atoms with Crippen molar-refractivity contribution in [2.24, 2.45) is 5.92 Å². The second-order valence-electron chi connectivity index (χ2n) is 8.42. The summed E-state index contributed by atoms with van der Waals surface area (Å²) < 4.78 is 5.88. The standard InChI is InChI=1S/C25H33ClN2O3/c1-16(2)13-27-25(30)20(6)28(14-21-9-7-8-10-22(21)26)24(29)15-31-23-12-17(3)11-18(4)19(23)5/h7-12,16,20H,13-15H2,1-6H3,(H,27,30)/t20-/m0/s1. The Morgan fingerprint density at radius 3 is 2.42 bits per heavy atom. The predicted octanol–water partition coefficient (Wildman–Crippen LogP) is 4.83. The largest absolute Gasteiger partial charge is 0.483 e. The number of nitrogens with one attached hydrogen (secondary N) is 1. The molecular formula is C25H33ClN2O3.